The van der Waals surface area contributed by atoms with Crippen molar-refractivity contribution < 1.29 is 14.0 Å². The van der Waals surface area contributed by atoms with E-state index >= 15 is 0 Å². The van der Waals surface area contributed by atoms with E-state index < -0.39 is 6.04 Å². The van der Waals surface area contributed by atoms with Crippen molar-refractivity contribution in [2.24, 2.45) is 0 Å². The Hall–Kier alpha value is -2.60. The first-order valence-electron chi connectivity index (χ1n) is 10.4. The van der Waals surface area contributed by atoms with E-state index in [1.165, 1.54) is 25.5 Å². The number of carbonyl (C=O) groups is 2. The third-order valence-electron chi connectivity index (χ3n) is 5.56. The van der Waals surface area contributed by atoms with Crippen molar-refractivity contribution in [2.45, 2.75) is 51.1 Å². The van der Waals surface area contributed by atoms with Crippen molar-refractivity contribution >= 4 is 11.8 Å². The number of hydrogen-bond acceptors (Lipinski definition) is 4. The molecule has 1 aliphatic heterocycles. The number of amides is 2. The average Bonchev–Trinajstić information content (AvgIpc) is 3.28. The van der Waals surface area contributed by atoms with Crippen LogP contribution < -0.4 is 10.6 Å². The third kappa shape index (κ3) is 5.94. The Bertz CT molecular complexity index is 781. The minimum absolute atomic E-state index is 0.127. The molecule has 1 unspecified atom stereocenters. The van der Waals surface area contributed by atoms with Crippen molar-refractivity contribution in [3.8, 4) is 0 Å². The van der Waals surface area contributed by atoms with E-state index in [1.54, 1.807) is 12.1 Å². The smallest absolute Gasteiger partial charge is 0.287 e. The molecule has 0 bridgehead atoms. The van der Waals surface area contributed by atoms with E-state index in [0.717, 1.165) is 18.7 Å². The second-order valence-electron chi connectivity index (χ2n) is 8.27. The SMILES string of the molecule is CC(C)(CNC(=O)C(Cc1ccccc1)NC(=O)c1ccco1)N1CCCCC1. The van der Waals surface area contributed by atoms with E-state index in [1.807, 2.05) is 30.3 Å². The predicted octanol–water partition coefficient (Wildman–Crippen LogP) is 3.00. The highest BCUT2D eigenvalue weighted by molar-refractivity contribution is 5.95. The summed E-state index contributed by atoms with van der Waals surface area (Å²) in [6.07, 6.45) is 5.54. The van der Waals surface area contributed by atoms with Gasteiger partial charge in [-0.25, -0.2) is 0 Å². The molecule has 1 aromatic heterocycles. The highest BCUT2D eigenvalue weighted by atomic mass is 16.3. The Morgan fingerprint density at radius 2 is 1.79 bits per heavy atom. The Kier molecular flexibility index (Phi) is 7.09. The Morgan fingerprint density at radius 1 is 1.07 bits per heavy atom. The fourth-order valence-electron chi connectivity index (χ4n) is 3.73. The fourth-order valence-corrected chi connectivity index (χ4v) is 3.73. The normalized spacial score (nSPS) is 16.2. The maximum atomic E-state index is 13.0. The van der Waals surface area contributed by atoms with E-state index in [-0.39, 0.29) is 23.1 Å². The Balaban J connectivity index is 1.65. The van der Waals surface area contributed by atoms with Crippen LogP contribution in [-0.2, 0) is 11.2 Å². The fraction of sp³-hybridized carbons (Fsp3) is 0.478. The van der Waals surface area contributed by atoms with Gasteiger partial charge in [-0.2, -0.15) is 0 Å². The van der Waals surface area contributed by atoms with Crippen LogP contribution in [0.2, 0.25) is 0 Å². The number of piperidine rings is 1. The van der Waals surface area contributed by atoms with Gasteiger partial charge in [0.2, 0.25) is 5.91 Å². The minimum Gasteiger partial charge on any atom is -0.459 e. The topological polar surface area (TPSA) is 74.6 Å². The second-order valence-corrected chi connectivity index (χ2v) is 8.27. The largest absolute Gasteiger partial charge is 0.459 e. The van der Waals surface area contributed by atoms with E-state index in [0.29, 0.717) is 13.0 Å². The lowest BCUT2D eigenvalue weighted by Gasteiger charge is -2.41. The monoisotopic (exact) mass is 397 g/mol. The van der Waals surface area contributed by atoms with Crippen LogP contribution in [0.4, 0.5) is 0 Å². The molecule has 2 heterocycles. The maximum Gasteiger partial charge on any atom is 0.287 e. The molecule has 1 aliphatic rings. The quantitative estimate of drug-likeness (QED) is 0.718. The molecule has 1 atom stereocenters. The van der Waals surface area contributed by atoms with E-state index in [4.69, 9.17) is 4.42 Å². The lowest BCUT2D eigenvalue weighted by molar-refractivity contribution is -0.123. The van der Waals surface area contributed by atoms with Crippen LogP contribution in [0.25, 0.3) is 0 Å². The molecule has 3 rings (SSSR count). The number of nitrogens with one attached hydrogen (secondary N) is 2. The lowest BCUT2D eigenvalue weighted by atomic mass is 9.98. The van der Waals surface area contributed by atoms with Crippen LogP contribution >= 0.6 is 0 Å². The van der Waals surface area contributed by atoms with Gasteiger partial charge in [-0.05, 0) is 57.5 Å². The first-order chi connectivity index (χ1) is 14.0. The zero-order chi connectivity index (χ0) is 20.7. The second kappa shape index (κ2) is 9.74. The number of likely N-dealkylation sites (tertiary alicyclic amines) is 1. The Labute approximate surface area is 172 Å². The molecule has 1 saturated heterocycles. The van der Waals surface area contributed by atoms with Gasteiger partial charge in [-0.3, -0.25) is 14.5 Å². The molecular formula is C23H31N3O3. The molecule has 0 aliphatic carbocycles. The predicted molar refractivity (Wildman–Crippen MR) is 113 cm³/mol. The molecule has 0 radical (unpaired) electrons. The molecule has 29 heavy (non-hydrogen) atoms. The highest BCUT2D eigenvalue weighted by Gasteiger charge is 2.30. The van der Waals surface area contributed by atoms with Gasteiger partial charge in [0.15, 0.2) is 5.76 Å². The summed E-state index contributed by atoms with van der Waals surface area (Å²) in [6.45, 7) is 6.98. The third-order valence-corrected chi connectivity index (χ3v) is 5.56. The van der Waals surface area contributed by atoms with Crippen molar-refractivity contribution in [3.63, 3.8) is 0 Å². The van der Waals surface area contributed by atoms with Gasteiger partial charge in [-0.15, -0.1) is 0 Å². The van der Waals surface area contributed by atoms with Crippen LogP contribution in [-0.4, -0.2) is 47.9 Å². The van der Waals surface area contributed by atoms with E-state index in [9.17, 15) is 9.59 Å². The first kappa shape index (κ1) is 21.1. The highest BCUT2D eigenvalue weighted by Crippen LogP contribution is 2.20. The molecule has 0 spiro atoms. The van der Waals surface area contributed by atoms with Gasteiger partial charge in [-0.1, -0.05) is 36.8 Å². The van der Waals surface area contributed by atoms with Gasteiger partial charge in [0.1, 0.15) is 6.04 Å². The standard InChI is InChI=1S/C23H31N3O3/c1-23(2,26-13-7-4-8-14-26)17-24-21(27)19(16-18-10-5-3-6-11-18)25-22(28)20-12-9-15-29-20/h3,5-6,9-12,15,19H,4,7-8,13-14,16-17H2,1-2H3,(H,24,27)(H,25,28). The number of nitrogens with zero attached hydrogens (tertiary/aromatic N) is 1. The number of rotatable bonds is 8. The minimum atomic E-state index is -0.674. The van der Waals surface area contributed by atoms with Gasteiger partial charge >= 0.3 is 0 Å². The van der Waals surface area contributed by atoms with Crippen LogP contribution in [0.15, 0.2) is 53.1 Å². The summed E-state index contributed by atoms with van der Waals surface area (Å²) in [5.41, 5.74) is 0.862. The van der Waals surface area contributed by atoms with Crippen molar-refractivity contribution in [2.75, 3.05) is 19.6 Å². The zero-order valence-electron chi connectivity index (χ0n) is 17.3. The summed E-state index contributed by atoms with van der Waals surface area (Å²) in [6, 6.07) is 12.3. The molecular weight excluding hydrogens is 366 g/mol. The Morgan fingerprint density at radius 3 is 2.45 bits per heavy atom. The van der Waals surface area contributed by atoms with Crippen LogP contribution in [0.5, 0.6) is 0 Å². The molecule has 6 heteroatoms. The van der Waals surface area contributed by atoms with Crippen molar-refractivity contribution in [1.82, 2.24) is 15.5 Å². The zero-order valence-corrected chi connectivity index (χ0v) is 17.3. The molecule has 0 saturated carbocycles. The number of hydrogen-bond donors (Lipinski definition) is 2. The van der Waals surface area contributed by atoms with Crippen molar-refractivity contribution in [3.05, 3.63) is 60.1 Å². The molecule has 2 amide bonds. The maximum absolute atomic E-state index is 13.0. The molecule has 2 N–H and O–H groups in total. The molecule has 1 fully saturated rings. The lowest BCUT2D eigenvalue weighted by Crippen LogP contribution is -2.56. The summed E-state index contributed by atoms with van der Waals surface area (Å²) in [7, 11) is 0. The molecule has 156 valence electrons. The molecule has 6 nitrogen and oxygen atoms in total. The number of benzene rings is 1. The van der Waals surface area contributed by atoms with E-state index in [2.05, 4.69) is 29.4 Å². The van der Waals surface area contributed by atoms with Gasteiger partial charge in [0, 0.05) is 18.5 Å². The van der Waals surface area contributed by atoms with Crippen LogP contribution in [0.1, 0.15) is 49.2 Å². The molecule has 2 aromatic rings. The average molecular weight is 398 g/mol. The van der Waals surface area contributed by atoms with Gasteiger partial charge in [0.25, 0.3) is 5.91 Å². The van der Waals surface area contributed by atoms with Gasteiger partial charge < -0.3 is 15.1 Å². The van der Waals surface area contributed by atoms with Crippen molar-refractivity contribution in [1.29, 1.82) is 0 Å². The van der Waals surface area contributed by atoms with Crippen LogP contribution in [0, 0.1) is 0 Å². The van der Waals surface area contributed by atoms with Crippen LogP contribution in [0.3, 0.4) is 0 Å². The summed E-state index contributed by atoms with van der Waals surface area (Å²) in [5, 5.41) is 5.89. The summed E-state index contributed by atoms with van der Waals surface area (Å²) < 4.78 is 5.17. The number of furan rings is 1. The van der Waals surface area contributed by atoms with Gasteiger partial charge in [0.05, 0.1) is 6.26 Å². The number of carbonyl (C=O) groups excluding carboxylic acids is 2. The molecule has 1 aromatic carbocycles. The first-order valence-corrected chi connectivity index (χ1v) is 10.4. The summed E-state index contributed by atoms with van der Waals surface area (Å²) in [5.74, 6) is -0.371. The summed E-state index contributed by atoms with van der Waals surface area (Å²) >= 11 is 0. The summed E-state index contributed by atoms with van der Waals surface area (Å²) in [4.78, 5) is 27.9.